The van der Waals surface area contributed by atoms with Gasteiger partial charge in [-0.1, -0.05) is 30.3 Å². The lowest BCUT2D eigenvalue weighted by Crippen LogP contribution is -2.24. The summed E-state index contributed by atoms with van der Waals surface area (Å²) in [6, 6.07) is 10.4. The van der Waals surface area contributed by atoms with Crippen LogP contribution >= 0.6 is 0 Å². The van der Waals surface area contributed by atoms with Gasteiger partial charge in [-0.05, 0) is 26.3 Å². The fourth-order valence-electron chi connectivity index (χ4n) is 1.95. The monoisotopic (exact) mass is 215 g/mol. The Morgan fingerprint density at radius 2 is 1.88 bits per heavy atom. The molecule has 2 rings (SSSR count). The maximum absolute atomic E-state index is 4.25. The van der Waals surface area contributed by atoms with Crippen molar-refractivity contribution in [3.05, 3.63) is 48.0 Å². The van der Waals surface area contributed by atoms with Crippen LogP contribution in [0.4, 0.5) is 0 Å². The molecule has 0 fully saturated rings. The first-order valence-electron chi connectivity index (χ1n) is 5.60. The van der Waals surface area contributed by atoms with E-state index in [1.807, 2.05) is 6.07 Å². The highest BCUT2D eigenvalue weighted by Gasteiger charge is 2.27. The molecule has 0 N–H and O–H groups in total. The number of rotatable bonds is 3. The van der Waals surface area contributed by atoms with Crippen molar-refractivity contribution in [1.82, 2.24) is 14.8 Å². The first-order valence-corrected chi connectivity index (χ1v) is 5.60. The Bertz CT molecular complexity index is 457. The van der Waals surface area contributed by atoms with Gasteiger partial charge in [0.1, 0.15) is 12.2 Å². The quantitative estimate of drug-likeness (QED) is 0.788. The molecule has 0 radical (unpaired) electrons. The van der Waals surface area contributed by atoms with Gasteiger partial charge >= 0.3 is 0 Å². The van der Waals surface area contributed by atoms with Crippen LogP contribution in [0.1, 0.15) is 32.2 Å². The molecule has 1 aromatic carbocycles. The number of hydrogen-bond acceptors (Lipinski definition) is 2. The summed E-state index contributed by atoms with van der Waals surface area (Å²) in [6.07, 6.45) is 1.79. The van der Waals surface area contributed by atoms with Crippen molar-refractivity contribution in [1.29, 1.82) is 0 Å². The van der Waals surface area contributed by atoms with E-state index in [1.165, 1.54) is 5.56 Å². The van der Waals surface area contributed by atoms with Crippen LogP contribution in [-0.2, 0) is 12.0 Å². The van der Waals surface area contributed by atoms with Crippen molar-refractivity contribution in [3.8, 4) is 0 Å². The van der Waals surface area contributed by atoms with E-state index < -0.39 is 0 Å². The molecular formula is C13H17N3. The largest absolute Gasteiger partial charge is 0.317 e. The predicted octanol–water partition coefficient (Wildman–Crippen LogP) is 2.62. The molecule has 3 nitrogen and oxygen atoms in total. The van der Waals surface area contributed by atoms with Crippen molar-refractivity contribution in [3.63, 3.8) is 0 Å². The van der Waals surface area contributed by atoms with E-state index in [1.54, 1.807) is 6.33 Å². The standard InChI is InChI=1S/C13H17N3/c1-4-16-10-14-15-12(16)13(2,3)11-8-6-5-7-9-11/h5-10H,4H2,1-3H3. The second kappa shape index (κ2) is 4.08. The number of hydrogen-bond donors (Lipinski definition) is 0. The first-order chi connectivity index (χ1) is 7.66. The average molecular weight is 215 g/mol. The first kappa shape index (κ1) is 10.9. The molecule has 1 aromatic heterocycles. The summed E-state index contributed by atoms with van der Waals surface area (Å²) in [5, 5.41) is 8.25. The third-order valence-electron chi connectivity index (χ3n) is 3.01. The van der Waals surface area contributed by atoms with E-state index >= 15 is 0 Å². The summed E-state index contributed by atoms with van der Waals surface area (Å²) in [5.74, 6) is 1.02. The minimum atomic E-state index is -0.103. The van der Waals surface area contributed by atoms with Gasteiger partial charge in [-0.2, -0.15) is 0 Å². The van der Waals surface area contributed by atoms with E-state index in [4.69, 9.17) is 0 Å². The van der Waals surface area contributed by atoms with Crippen LogP contribution in [0, 0.1) is 0 Å². The van der Waals surface area contributed by atoms with E-state index in [-0.39, 0.29) is 5.41 Å². The van der Waals surface area contributed by atoms with Crippen LogP contribution in [0.2, 0.25) is 0 Å². The molecule has 2 aromatic rings. The molecule has 0 aliphatic carbocycles. The summed E-state index contributed by atoms with van der Waals surface area (Å²) in [6.45, 7) is 7.36. The minimum Gasteiger partial charge on any atom is -0.317 e. The van der Waals surface area contributed by atoms with Crippen molar-refractivity contribution >= 4 is 0 Å². The molecule has 84 valence electrons. The molecule has 1 heterocycles. The number of nitrogens with zero attached hydrogens (tertiary/aromatic N) is 3. The van der Waals surface area contributed by atoms with E-state index in [0.29, 0.717) is 0 Å². The lowest BCUT2D eigenvalue weighted by molar-refractivity contribution is 0.540. The number of aryl methyl sites for hydroxylation is 1. The summed E-state index contributed by atoms with van der Waals surface area (Å²) < 4.78 is 2.09. The summed E-state index contributed by atoms with van der Waals surface area (Å²) >= 11 is 0. The Labute approximate surface area is 96.1 Å². The Balaban J connectivity index is 2.47. The Hall–Kier alpha value is -1.64. The lowest BCUT2D eigenvalue weighted by Gasteiger charge is -2.24. The van der Waals surface area contributed by atoms with E-state index in [2.05, 4.69) is 59.8 Å². The average Bonchev–Trinajstić information content (AvgIpc) is 2.79. The SMILES string of the molecule is CCn1cnnc1C(C)(C)c1ccccc1. The highest BCUT2D eigenvalue weighted by atomic mass is 15.3. The smallest absolute Gasteiger partial charge is 0.142 e. The summed E-state index contributed by atoms with van der Waals surface area (Å²) in [4.78, 5) is 0. The molecular weight excluding hydrogens is 198 g/mol. The zero-order valence-electron chi connectivity index (χ0n) is 10.0. The van der Waals surface area contributed by atoms with Crippen LogP contribution in [0.15, 0.2) is 36.7 Å². The Morgan fingerprint density at radius 3 is 2.50 bits per heavy atom. The molecule has 0 bridgehead atoms. The zero-order chi connectivity index (χ0) is 11.6. The van der Waals surface area contributed by atoms with Gasteiger partial charge in [-0.3, -0.25) is 0 Å². The van der Waals surface area contributed by atoms with E-state index in [0.717, 1.165) is 12.4 Å². The zero-order valence-corrected chi connectivity index (χ0v) is 10.0. The van der Waals surface area contributed by atoms with Gasteiger partial charge in [0.05, 0.1) is 0 Å². The van der Waals surface area contributed by atoms with Gasteiger partial charge in [-0.15, -0.1) is 10.2 Å². The second-order valence-corrected chi connectivity index (χ2v) is 4.43. The van der Waals surface area contributed by atoms with Crippen LogP contribution in [0.5, 0.6) is 0 Å². The van der Waals surface area contributed by atoms with Gasteiger partial charge in [0.2, 0.25) is 0 Å². The highest BCUT2D eigenvalue weighted by Crippen LogP contribution is 2.29. The molecule has 0 atom stereocenters. The van der Waals surface area contributed by atoms with Crippen LogP contribution in [0.3, 0.4) is 0 Å². The number of benzene rings is 1. The summed E-state index contributed by atoms with van der Waals surface area (Å²) in [7, 11) is 0. The van der Waals surface area contributed by atoms with Gasteiger partial charge in [0, 0.05) is 12.0 Å². The Kier molecular flexibility index (Phi) is 2.77. The second-order valence-electron chi connectivity index (χ2n) is 4.43. The fourth-order valence-corrected chi connectivity index (χ4v) is 1.95. The van der Waals surface area contributed by atoms with Crippen molar-refractivity contribution < 1.29 is 0 Å². The van der Waals surface area contributed by atoms with Crippen molar-refractivity contribution in [2.45, 2.75) is 32.7 Å². The molecule has 0 saturated heterocycles. The van der Waals surface area contributed by atoms with Crippen LogP contribution < -0.4 is 0 Å². The fraction of sp³-hybridized carbons (Fsp3) is 0.385. The van der Waals surface area contributed by atoms with E-state index in [9.17, 15) is 0 Å². The lowest BCUT2D eigenvalue weighted by atomic mass is 9.84. The van der Waals surface area contributed by atoms with Crippen LogP contribution in [-0.4, -0.2) is 14.8 Å². The molecule has 0 aliphatic heterocycles. The normalized spacial score (nSPS) is 11.7. The maximum Gasteiger partial charge on any atom is 0.142 e. The topological polar surface area (TPSA) is 30.7 Å². The predicted molar refractivity (Wildman–Crippen MR) is 64.3 cm³/mol. The molecule has 0 amide bonds. The van der Waals surface area contributed by atoms with Gasteiger partial charge in [0.25, 0.3) is 0 Å². The third-order valence-corrected chi connectivity index (χ3v) is 3.01. The van der Waals surface area contributed by atoms with Gasteiger partial charge in [0.15, 0.2) is 0 Å². The molecule has 0 saturated carbocycles. The Morgan fingerprint density at radius 1 is 1.19 bits per heavy atom. The van der Waals surface area contributed by atoms with Crippen molar-refractivity contribution in [2.24, 2.45) is 0 Å². The third kappa shape index (κ3) is 1.73. The number of aromatic nitrogens is 3. The van der Waals surface area contributed by atoms with Crippen LogP contribution in [0.25, 0.3) is 0 Å². The molecule has 3 heteroatoms. The highest BCUT2D eigenvalue weighted by molar-refractivity contribution is 5.30. The molecule has 0 spiro atoms. The summed E-state index contributed by atoms with van der Waals surface area (Å²) in [5.41, 5.74) is 1.16. The van der Waals surface area contributed by atoms with Crippen molar-refractivity contribution in [2.75, 3.05) is 0 Å². The van der Waals surface area contributed by atoms with Gasteiger partial charge < -0.3 is 4.57 Å². The maximum atomic E-state index is 4.25. The molecule has 0 unspecified atom stereocenters. The van der Waals surface area contributed by atoms with Gasteiger partial charge in [-0.25, -0.2) is 0 Å². The molecule has 16 heavy (non-hydrogen) atoms. The minimum absolute atomic E-state index is 0.103. The molecule has 0 aliphatic rings.